The molecule has 4 heteroatoms. The van der Waals surface area contributed by atoms with Gasteiger partial charge in [-0.3, -0.25) is 0 Å². The molecule has 0 aliphatic heterocycles. The second-order valence-electron chi connectivity index (χ2n) is 2.67. The highest BCUT2D eigenvalue weighted by Gasteiger charge is 2.02. The molecule has 12 heavy (non-hydrogen) atoms. The zero-order chi connectivity index (χ0) is 8.55. The minimum absolute atomic E-state index is 0.0139. The maximum Gasteiger partial charge on any atom is 0.160 e. The second-order valence-corrected chi connectivity index (χ2v) is 2.67. The number of hydrogen-bond acceptors (Lipinski definition) is 3. The van der Waals surface area contributed by atoms with Crippen LogP contribution in [-0.2, 0) is 6.61 Å². The molecule has 1 N–H and O–H groups in total. The quantitative estimate of drug-likeness (QED) is 0.667. The molecule has 0 atom stereocenters. The van der Waals surface area contributed by atoms with E-state index in [0.717, 1.165) is 16.9 Å². The van der Waals surface area contributed by atoms with Gasteiger partial charge in [-0.15, -0.1) is 0 Å². The number of aromatic nitrogens is 3. The van der Waals surface area contributed by atoms with Crippen LogP contribution < -0.4 is 0 Å². The van der Waals surface area contributed by atoms with Crippen LogP contribution in [0.15, 0.2) is 18.5 Å². The molecule has 0 radical (unpaired) electrons. The van der Waals surface area contributed by atoms with Gasteiger partial charge in [0.15, 0.2) is 5.65 Å². The molecule has 0 saturated carbocycles. The van der Waals surface area contributed by atoms with E-state index in [1.165, 1.54) is 0 Å². The first-order valence-corrected chi connectivity index (χ1v) is 3.72. The van der Waals surface area contributed by atoms with Gasteiger partial charge in [-0.25, -0.2) is 9.50 Å². The van der Waals surface area contributed by atoms with Crippen molar-refractivity contribution in [2.24, 2.45) is 0 Å². The van der Waals surface area contributed by atoms with Crippen molar-refractivity contribution in [3.05, 3.63) is 29.7 Å². The molecule has 0 aliphatic carbocycles. The van der Waals surface area contributed by atoms with E-state index in [0.29, 0.717) is 0 Å². The maximum absolute atomic E-state index is 8.92. The number of fused-ring (bicyclic) bond motifs is 1. The van der Waals surface area contributed by atoms with Crippen molar-refractivity contribution in [1.29, 1.82) is 0 Å². The molecule has 0 unspecified atom stereocenters. The fourth-order valence-corrected chi connectivity index (χ4v) is 1.12. The summed E-state index contributed by atoms with van der Waals surface area (Å²) in [4.78, 5) is 4.25. The van der Waals surface area contributed by atoms with Crippen LogP contribution in [0.5, 0.6) is 0 Å². The first-order chi connectivity index (χ1) is 5.81. The highest BCUT2D eigenvalue weighted by molar-refractivity contribution is 5.45. The standard InChI is InChI=1S/C8H9N3O/c1-6-2-3-11-8(10-6)7(5-12)4-9-11/h2-4,12H,5H2,1H3. The molecule has 0 bridgehead atoms. The van der Waals surface area contributed by atoms with Crippen molar-refractivity contribution in [1.82, 2.24) is 14.6 Å². The number of hydrogen-bond donors (Lipinski definition) is 1. The Morgan fingerprint density at radius 3 is 3.17 bits per heavy atom. The first kappa shape index (κ1) is 7.24. The minimum Gasteiger partial charge on any atom is -0.391 e. The van der Waals surface area contributed by atoms with Crippen LogP contribution in [0.25, 0.3) is 5.65 Å². The SMILES string of the molecule is Cc1ccn2ncc(CO)c2n1. The average Bonchev–Trinajstić information content (AvgIpc) is 2.46. The fraction of sp³-hybridized carbons (Fsp3) is 0.250. The smallest absolute Gasteiger partial charge is 0.160 e. The Hall–Kier alpha value is -1.42. The summed E-state index contributed by atoms with van der Waals surface area (Å²) >= 11 is 0. The van der Waals surface area contributed by atoms with Gasteiger partial charge in [-0.2, -0.15) is 5.10 Å². The van der Waals surface area contributed by atoms with Crippen molar-refractivity contribution in [3.8, 4) is 0 Å². The third-order valence-electron chi connectivity index (χ3n) is 1.75. The molecule has 0 fully saturated rings. The Labute approximate surface area is 69.5 Å². The Morgan fingerprint density at radius 2 is 2.42 bits per heavy atom. The van der Waals surface area contributed by atoms with E-state index < -0.39 is 0 Å². The fourth-order valence-electron chi connectivity index (χ4n) is 1.12. The van der Waals surface area contributed by atoms with Gasteiger partial charge in [0.25, 0.3) is 0 Å². The van der Waals surface area contributed by atoms with Gasteiger partial charge in [-0.1, -0.05) is 0 Å². The van der Waals surface area contributed by atoms with Gasteiger partial charge < -0.3 is 5.11 Å². The first-order valence-electron chi connectivity index (χ1n) is 3.72. The summed E-state index contributed by atoms with van der Waals surface area (Å²) < 4.78 is 1.65. The highest BCUT2D eigenvalue weighted by atomic mass is 16.3. The summed E-state index contributed by atoms with van der Waals surface area (Å²) in [6, 6.07) is 1.88. The second kappa shape index (κ2) is 2.57. The maximum atomic E-state index is 8.92. The monoisotopic (exact) mass is 163 g/mol. The number of aryl methyl sites for hydroxylation is 1. The number of nitrogens with zero attached hydrogens (tertiary/aromatic N) is 3. The molecular formula is C8H9N3O. The Bertz CT molecular complexity index is 408. The van der Waals surface area contributed by atoms with E-state index in [-0.39, 0.29) is 6.61 Å². The average molecular weight is 163 g/mol. The van der Waals surface area contributed by atoms with E-state index in [1.54, 1.807) is 10.7 Å². The van der Waals surface area contributed by atoms with Gasteiger partial charge in [0.2, 0.25) is 0 Å². The third-order valence-corrected chi connectivity index (χ3v) is 1.75. The van der Waals surface area contributed by atoms with Crippen LogP contribution in [-0.4, -0.2) is 19.7 Å². The molecular weight excluding hydrogens is 154 g/mol. The Balaban J connectivity index is 2.75. The molecule has 2 aromatic rings. The molecule has 2 aromatic heterocycles. The summed E-state index contributed by atoms with van der Waals surface area (Å²) in [6.45, 7) is 1.90. The van der Waals surface area contributed by atoms with E-state index in [9.17, 15) is 0 Å². The van der Waals surface area contributed by atoms with Crippen molar-refractivity contribution < 1.29 is 5.11 Å². The van der Waals surface area contributed by atoms with E-state index in [2.05, 4.69) is 10.1 Å². The third kappa shape index (κ3) is 0.967. The molecule has 0 spiro atoms. The van der Waals surface area contributed by atoms with Crippen LogP contribution in [0.2, 0.25) is 0 Å². The van der Waals surface area contributed by atoms with Gasteiger partial charge in [-0.05, 0) is 13.0 Å². The van der Waals surface area contributed by atoms with Crippen LogP contribution in [0, 0.1) is 6.92 Å². The van der Waals surface area contributed by atoms with Crippen molar-refractivity contribution in [3.63, 3.8) is 0 Å². The number of rotatable bonds is 1. The summed E-state index contributed by atoms with van der Waals surface area (Å²) in [5.74, 6) is 0. The summed E-state index contributed by atoms with van der Waals surface area (Å²) in [5, 5.41) is 12.9. The zero-order valence-corrected chi connectivity index (χ0v) is 6.73. The predicted octanol–water partition coefficient (Wildman–Crippen LogP) is 0.530. The van der Waals surface area contributed by atoms with E-state index >= 15 is 0 Å². The zero-order valence-electron chi connectivity index (χ0n) is 6.73. The summed E-state index contributed by atoms with van der Waals surface area (Å²) in [6.07, 6.45) is 3.46. The molecule has 0 amide bonds. The minimum atomic E-state index is -0.0139. The molecule has 4 nitrogen and oxygen atoms in total. The van der Waals surface area contributed by atoms with E-state index in [4.69, 9.17) is 5.11 Å². The molecule has 0 saturated heterocycles. The van der Waals surface area contributed by atoms with Gasteiger partial charge in [0, 0.05) is 17.5 Å². The molecule has 0 aliphatic rings. The van der Waals surface area contributed by atoms with Gasteiger partial charge in [0.05, 0.1) is 12.8 Å². The largest absolute Gasteiger partial charge is 0.391 e. The van der Waals surface area contributed by atoms with Crippen molar-refractivity contribution in [2.75, 3.05) is 0 Å². The molecule has 62 valence electrons. The van der Waals surface area contributed by atoms with Crippen LogP contribution in [0.4, 0.5) is 0 Å². The van der Waals surface area contributed by atoms with Crippen LogP contribution >= 0.6 is 0 Å². The van der Waals surface area contributed by atoms with Gasteiger partial charge in [0.1, 0.15) is 0 Å². The molecule has 2 rings (SSSR count). The lowest BCUT2D eigenvalue weighted by atomic mass is 10.3. The Morgan fingerprint density at radius 1 is 1.58 bits per heavy atom. The summed E-state index contributed by atoms with van der Waals surface area (Å²) in [7, 11) is 0. The van der Waals surface area contributed by atoms with Crippen LogP contribution in [0.3, 0.4) is 0 Å². The van der Waals surface area contributed by atoms with E-state index in [1.807, 2.05) is 19.2 Å². The molecule has 2 heterocycles. The van der Waals surface area contributed by atoms with Crippen molar-refractivity contribution in [2.45, 2.75) is 13.5 Å². The topological polar surface area (TPSA) is 50.4 Å². The predicted molar refractivity (Wildman–Crippen MR) is 43.6 cm³/mol. The highest BCUT2D eigenvalue weighted by Crippen LogP contribution is 2.07. The summed E-state index contributed by atoms with van der Waals surface area (Å²) in [5.41, 5.74) is 2.42. The van der Waals surface area contributed by atoms with Crippen molar-refractivity contribution >= 4 is 5.65 Å². The molecule has 0 aromatic carbocycles. The normalized spacial score (nSPS) is 10.8. The van der Waals surface area contributed by atoms with Crippen LogP contribution in [0.1, 0.15) is 11.3 Å². The lowest BCUT2D eigenvalue weighted by Crippen LogP contribution is -1.92. The number of aliphatic hydroxyl groups excluding tert-OH is 1. The van der Waals surface area contributed by atoms with Gasteiger partial charge >= 0.3 is 0 Å². The lowest BCUT2D eigenvalue weighted by molar-refractivity contribution is 0.283. The number of aliphatic hydroxyl groups is 1. The lowest BCUT2D eigenvalue weighted by Gasteiger charge is -1.95. The Kier molecular flexibility index (Phi) is 1.55.